The van der Waals surface area contributed by atoms with Gasteiger partial charge in [-0.1, -0.05) is 12.5 Å². The standard InChI is InChI=1S/C30H42O9S/c1-15-12-21(39-24(33)16(15)2)27(5,34)29(36)11-10-28(35)18-13-22-30(37)20(38-23(32)14-40-22)7-6-19(31)26(30,4)17(18)8-9-25(28,29)3/h6-7,17-18,20-23,32,34-37H,8-14H2,1-5H3/t17-,18-,20+,21-,22+,23+,25+,26+,27+,28-,29+,30-/m1/s1. The second kappa shape index (κ2) is 8.65. The van der Waals surface area contributed by atoms with Gasteiger partial charge in [-0.3, -0.25) is 4.79 Å². The number of rotatable bonds is 2. The molecule has 0 amide bonds. The molecule has 12 atom stereocenters. The molecule has 1 saturated heterocycles. The molecule has 5 N–H and O–H groups in total. The van der Waals surface area contributed by atoms with Gasteiger partial charge in [0.25, 0.3) is 0 Å². The van der Waals surface area contributed by atoms with Crippen molar-refractivity contribution in [1.82, 2.24) is 0 Å². The van der Waals surface area contributed by atoms with Crippen LogP contribution >= 0.6 is 11.8 Å². The molecule has 0 aromatic rings. The summed E-state index contributed by atoms with van der Waals surface area (Å²) in [7, 11) is 0. The number of carbonyl (C=O) groups excluding carboxylic acids is 2. The average molecular weight is 579 g/mol. The minimum Gasteiger partial charge on any atom is -0.455 e. The summed E-state index contributed by atoms with van der Waals surface area (Å²) in [5.41, 5.74) is -7.89. The van der Waals surface area contributed by atoms with E-state index in [1.807, 2.05) is 13.8 Å². The minimum absolute atomic E-state index is 0.0864. The molecule has 6 aliphatic rings. The summed E-state index contributed by atoms with van der Waals surface area (Å²) in [5, 5.41) is 59.5. The number of aliphatic hydroxyl groups is 5. The van der Waals surface area contributed by atoms with E-state index in [2.05, 4.69) is 0 Å². The first-order chi connectivity index (χ1) is 18.5. The van der Waals surface area contributed by atoms with Crippen LogP contribution in [0.4, 0.5) is 0 Å². The van der Waals surface area contributed by atoms with Crippen molar-refractivity contribution in [2.45, 2.75) is 119 Å². The van der Waals surface area contributed by atoms with E-state index in [0.717, 1.165) is 5.57 Å². The normalized spacial score (nSPS) is 53.6. The number of carbonyl (C=O) groups is 2. The fraction of sp³-hybridized carbons (Fsp3) is 0.800. The van der Waals surface area contributed by atoms with Crippen LogP contribution in [-0.2, 0) is 19.1 Å². The minimum atomic E-state index is -1.86. The molecule has 4 fully saturated rings. The molecule has 4 aliphatic carbocycles. The highest BCUT2D eigenvalue weighted by molar-refractivity contribution is 8.00. The van der Waals surface area contributed by atoms with Crippen LogP contribution in [0.2, 0.25) is 0 Å². The first-order valence-corrected chi connectivity index (χ1v) is 15.5. The molecule has 2 heterocycles. The average Bonchev–Trinajstić information content (AvgIpc) is 3.03. The zero-order valence-electron chi connectivity index (χ0n) is 23.8. The summed E-state index contributed by atoms with van der Waals surface area (Å²) in [5.74, 6) is -1.42. The molecule has 40 heavy (non-hydrogen) atoms. The van der Waals surface area contributed by atoms with Crippen molar-refractivity contribution in [2.24, 2.45) is 22.7 Å². The van der Waals surface area contributed by atoms with Gasteiger partial charge in [-0.05, 0) is 83.8 Å². The third-order valence-electron chi connectivity index (χ3n) is 12.6. The second-order valence-electron chi connectivity index (χ2n) is 13.8. The highest BCUT2D eigenvalue weighted by atomic mass is 32.2. The molecule has 0 aromatic heterocycles. The third-order valence-corrected chi connectivity index (χ3v) is 14.0. The molecule has 222 valence electrons. The van der Waals surface area contributed by atoms with Crippen LogP contribution in [0.25, 0.3) is 0 Å². The van der Waals surface area contributed by atoms with E-state index in [4.69, 9.17) is 9.47 Å². The number of allylic oxidation sites excluding steroid dienone is 1. The molecule has 0 radical (unpaired) electrons. The smallest absolute Gasteiger partial charge is 0.334 e. The molecule has 9 nitrogen and oxygen atoms in total. The van der Waals surface area contributed by atoms with Crippen molar-refractivity contribution < 1.29 is 44.6 Å². The molecular weight excluding hydrogens is 536 g/mol. The van der Waals surface area contributed by atoms with E-state index >= 15 is 0 Å². The van der Waals surface area contributed by atoms with Gasteiger partial charge < -0.3 is 35.0 Å². The number of hydrogen-bond acceptors (Lipinski definition) is 10. The van der Waals surface area contributed by atoms with Crippen LogP contribution in [0, 0.1) is 22.7 Å². The van der Waals surface area contributed by atoms with Crippen LogP contribution in [0.3, 0.4) is 0 Å². The predicted molar refractivity (Wildman–Crippen MR) is 146 cm³/mol. The molecule has 0 aromatic carbocycles. The zero-order valence-corrected chi connectivity index (χ0v) is 24.7. The van der Waals surface area contributed by atoms with Crippen molar-refractivity contribution in [3.05, 3.63) is 23.3 Å². The maximum absolute atomic E-state index is 13.7. The lowest BCUT2D eigenvalue weighted by molar-refractivity contribution is -0.297. The van der Waals surface area contributed by atoms with Crippen molar-refractivity contribution in [1.29, 1.82) is 0 Å². The summed E-state index contributed by atoms with van der Waals surface area (Å²) in [6.45, 7) is 8.58. The van der Waals surface area contributed by atoms with Gasteiger partial charge in [0.2, 0.25) is 0 Å². The lowest BCUT2D eigenvalue weighted by Crippen LogP contribution is -2.77. The molecule has 0 bridgehead atoms. The quantitative estimate of drug-likeness (QED) is 0.306. The predicted octanol–water partition coefficient (Wildman–Crippen LogP) is 1.78. The molecule has 2 aliphatic heterocycles. The Kier molecular flexibility index (Phi) is 6.23. The Bertz CT molecular complexity index is 1210. The highest BCUT2D eigenvalue weighted by Crippen LogP contribution is 2.72. The van der Waals surface area contributed by atoms with Crippen LogP contribution in [0.15, 0.2) is 23.3 Å². The Hall–Kier alpha value is -1.27. The molecule has 0 spiro atoms. The van der Waals surface area contributed by atoms with Gasteiger partial charge in [-0.15, -0.1) is 0 Å². The third kappa shape index (κ3) is 3.16. The molecule has 10 heteroatoms. The Morgan fingerprint density at radius 1 is 1.07 bits per heavy atom. The van der Waals surface area contributed by atoms with Crippen molar-refractivity contribution >= 4 is 23.5 Å². The monoisotopic (exact) mass is 578 g/mol. The first kappa shape index (κ1) is 28.8. The number of ether oxygens (including phenoxy) is 2. The maximum Gasteiger partial charge on any atom is 0.334 e. The van der Waals surface area contributed by atoms with Gasteiger partial charge in [-0.2, -0.15) is 11.8 Å². The van der Waals surface area contributed by atoms with Crippen molar-refractivity contribution in [3.8, 4) is 0 Å². The van der Waals surface area contributed by atoms with E-state index in [9.17, 15) is 35.1 Å². The Morgan fingerprint density at radius 3 is 2.45 bits per heavy atom. The van der Waals surface area contributed by atoms with Gasteiger partial charge >= 0.3 is 5.97 Å². The summed E-state index contributed by atoms with van der Waals surface area (Å²) < 4.78 is 11.5. The van der Waals surface area contributed by atoms with E-state index < -0.39 is 74.8 Å². The Balaban J connectivity index is 1.42. The van der Waals surface area contributed by atoms with Crippen molar-refractivity contribution in [2.75, 3.05) is 5.75 Å². The number of fused-ring (bicyclic) bond motifs is 4. The van der Waals surface area contributed by atoms with Gasteiger partial charge in [0.05, 0.1) is 11.0 Å². The second-order valence-corrected chi connectivity index (χ2v) is 15.1. The number of esters is 1. The Morgan fingerprint density at radius 2 is 1.77 bits per heavy atom. The van der Waals surface area contributed by atoms with Gasteiger partial charge in [0.1, 0.15) is 29.0 Å². The van der Waals surface area contributed by atoms with E-state index in [-0.39, 0.29) is 30.8 Å². The number of cyclic esters (lactones) is 1. The van der Waals surface area contributed by atoms with Gasteiger partial charge in [-0.25, -0.2) is 4.79 Å². The topological polar surface area (TPSA) is 154 Å². The summed E-state index contributed by atoms with van der Waals surface area (Å²) in [6.07, 6.45) is 1.66. The van der Waals surface area contributed by atoms with E-state index in [0.29, 0.717) is 24.8 Å². The number of thioether (sulfide) groups is 1. The highest BCUT2D eigenvalue weighted by Gasteiger charge is 2.80. The van der Waals surface area contributed by atoms with Crippen LogP contribution < -0.4 is 0 Å². The zero-order chi connectivity index (χ0) is 29.3. The van der Waals surface area contributed by atoms with Crippen LogP contribution in [0.1, 0.15) is 73.1 Å². The molecule has 3 saturated carbocycles. The number of hydrogen-bond donors (Lipinski definition) is 5. The lowest BCUT2D eigenvalue weighted by atomic mass is 9.41. The molecule has 0 unspecified atom stereocenters. The fourth-order valence-electron chi connectivity index (χ4n) is 9.73. The maximum atomic E-state index is 13.7. The Labute approximate surface area is 239 Å². The van der Waals surface area contributed by atoms with Crippen molar-refractivity contribution in [3.63, 3.8) is 0 Å². The summed E-state index contributed by atoms with van der Waals surface area (Å²) in [6, 6.07) is 0. The molecule has 6 rings (SSSR count). The van der Waals surface area contributed by atoms with Gasteiger partial charge in [0.15, 0.2) is 12.1 Å². The largest absolute Gasteiger partial charge is 0.455 e. The summed E-state index contributed by atoms with van der Waals surface area (Å²) >= 11 is 1.35. The van der Waals surface area contributed by atoms with E-state index in [1.165, 1.54) is 24.8 Å². The van der Waals surface area contributed by atoms with Crippen LogP contribution in [-0.4, -0.2) is 89.2 Å². The van der Waals surface area contributed by atoms with Gasteiger partial charge in [0, 0.05) is 28.4 Å². The fourth-order valence-corrected chi connectivity index (χ4v) is 11.2. The number of ketones is 1. The lowest BCUT2D eigenvalue weighted by Gasteiger charge is -2.67. The summed E-state index contributed by atoms with van der Waals surface area (Å²) in [4.78, 5) is 26.3. The van der Waals surface area contributed by atoms with Crippen LogP contribution in [0.5, 0.6) is 0 Å². The number of aliphatic hydroxyl groups excluding tert-OH is 1. The van der Waals surface area contributed by atoms with E-state index in [1.54, 1.807) is 19.9 Å². The SMILES string of the molecule is CC1=C(C)C(=O)O[C@@H]([C@](C)(O)[C@]2(O)CC[C@@]3(O)[C@@H]4C[C@@H]5SC[C@@H](O)O[C@H]6C=CC(=O)[C@](C)([C@@H]4CC[C@]23C)[C@@]65O)C1. The first-order valence-electron chi connectivity index (χ1n) is 14.4. The molecular formula is C30H42O9S.